The molecule has 0 aromatic carbocycles. The number of carbonyl (C=O) groups is 1. The SMILES string of the molecule is CCn1nc(C)c(Cl)c1C(=O)N1CCC(C)CC1. The van der Waals surface area contributed by atoms with Gasteiger partial charge in [0.1, 0.15) is 5.69 Å². The molecule has 5 heteroatoms. The van der Waals surface area contributed by atoms with E-state index in [1.54, 1.807) is 4.68 Å². The van der Waals surface area contributed by atoms with Crippen molar-refractivity contribution in [3.63, 3.8) is 0 Å². The lowest BCUT2D eigenvalue weighted by atomic mass is 9.99. The van der Waals surface area contributed by atoms with Gasteiger partial charge in [-0.1, -0.05) is 18.5 Å². The molecular formula is C13H20ClN3O. The summed E-state index contributed by atoms with van der Waals surface area (Å²) >= 11 is 6.20. The van der Waals surface area contributed by atoms with Crippen molar-refractivity contribution < 1.29 is 4.79 Å². The van der Waals surface area contributed by atoms with Crippen LogP contribution in [0.25, 0.3) is 0 Å². The molecule has 1 aromatic heterocycles. The van der Waals surface area contributed by atoms with E-state index < -0.39 is 0 Å². The Morgan fingerprint density at radius 1 is 1.44 bits per heavy atom. The Labute approximate surface area is 113 Å². The highest BCUT2D eigenvalue weighted by Crippen LogP contribution is 2.24. The van der Waals surface area contributed by atoms with Gasteiger partial charge in [-0.3, -0.25) is 9.48 Å². The molecule has 2 rings (SSSR count). The van der Waals surface area contributed by atoms with Crippen LogP contribution in [0.5, 0.6) is 0 Å². The number of hydrogen-bond acceptors (Lipinski definition) is 2. The van der Waals surface area contributed by atoms with Crippen molar-refractivity contribution in [2.45, 2.75) is 40.2 Å². The minimum atomic E-state index is 0.0225. The van der Waals surface area contributed by atoms with Crippen molar-refractivity contribution in [1.29, 1.82) is 0 Å². The van der Waals surface area contributed by atoms with Gasteiger partial charge >= 0.3 is 0 Å². The van der Waals surface area contributed by atoms with Crippen LogP contribution >= 0.6 is 11.6 Å². The number of rotatable bonds is 2. The van der Waals surface area contributed by atoms with Crippen LogP contribution in [0.15, 0.2) is 0 Å². The number of piperidine rings is 1. The highest BCUT2D eigenvalue weighted by Gasteiger charge is 2.27. The molecule has 0 bridgehead atoms. The van der Waals surface area contributed by atoms with E-state index in [9.17, 15) is 4.79 Å². The third-order valence-electron chi connectivity index (χ3n) is 3.63. The van der Waals surface area contributed by atoms with Gasteiger partial charge in [0.2, 0.25) is 0 Å². The zero-order valence-electron chi connectivity index (χ0n) is 11.2. The fraction of sp³-hybridized carbons (Fsp3) is 0.692. The number of aromatic nitrogens is 2. The summed E-state index contributed by atoms with van der Waals surface area (Å²) in [6.45, 7) is 8.35. The second kappa shape index (κ2) is 5.31. The van der Waals surface area contributed by atoms with E-state index in [0.717, 1.165) is 31.6 Å². The van der Waals surface area contributed by atoms with Crippen LogP contribution in [-0.4, -0.2) is 33.7 Å². The third-order valence-corrected chi connectivity index (χ3v) is 4.08. The lowest BCUT2D eigenvalue weighted by Crippen LogP contribution is -2.39. The average Bonchev–Trinajstić information content (AvgIpc) is 2.65. The molecule has 1 saturated heterocycles. The molecule has 1 fully saturated rings. The lowest BCUT2D eigenvalue weighted by Gasteiger charge is -2.30. The van der Waals surface area contributed by atoms with Crippen molar-refractivity contribution in [2.24, 2.45) is 5.92 Å². The van der Waals surface area contributed by atoms with E-state index in [0.29, 0.717) is 23.2 Å². The summed E-state index contributed by atoms with van der Waals surface area (Å²) in [5.41, 5.74) is 1.28. The van der Waals surface area contributed by atoms with E-state index in [2.05, 4.69) is 12.0 Å². The van der Waals surface area contributed by atoms with Crippen molar-refractivity contribution in [3.05, 3.63) is 16.4 Å². The molecule has 0 N–H and O–H groups in total. The Balaban J connectivity index is 2.23. The summed E-state index contributed by atoms with van der Waals surface area (Å²) in [6.07, 6.45) is 2.14. The van der Waals surface area contributed by atoms with Crippen molar-refractivity contribution in [3.8, 4) is 0 Å². The van der Waals surface area contributed by atoms with E-state index in [1.165, 1.54) is 0 Å². The molecule has 0 atom stereocenters. The quantitative estimate of drug-likeness (QED) is 0.828. The molecule has 0 unspecified atom stereocenters. The summed E-state index contributed by atoms with van der Waals surface area (Å²) in [4.78, 5) is 14.4. The second-order valence-electron chi connectivity index (χ2n) is 5.04. The smallest absolute Gasteiger partial charge is 0.273 e. The zero-order valence-corrected chi connectivity index (χ0v) is 12.0. The maximum atomic E-state index is 12.5. The molecule has 0 saturated carbocycles. The Hall–Kier alpha value is -1.03. The summed E-state index contributed by atoms with van der Waals surface area (Å²) in [6, 6.07) is 0. The number of carbonyl (C=O) groups excluding carboxylic acids is 1. The fourth-order valence-electron chi connectivity index (χ4n) is 2.35. The zero-order chi connectivity index (χ0) is 13.3. The number of nitrogens with zero attached hydrogens (tertiary/aromatic N) is 3. The first-order chi connectivity index (χ1) is 8.54. The van der Waals surface area contributed by atoms with Crippen LogP contribution < -0.4 is 0 Å². The monoisotopic (exact) mass is 269 g/mol. The van der Waals surface area contributed by atoms with Crippen LogP contribution in [0.3, 0.4) is 0 Å². The van der Waals surface area contributed by atoms with Gasteiger partial charge in [0.05, 0.1) is 10.7 Å². The molecule has 4 nitrogen and oxygen atoms in total. The van der Waals surface area contributed by atoms with Gasteiger partial charge in [-0.15, -0.1) is 0 Å². The molecule has 100 valence electrons. The molecule has 1 aliphatic heterocycles. The predicted octanol–water partition coefficient (Wildman–Crippen LogP) is 2.74. The number of halogens is 1. The van der Waals surface area contributed by atoms with Gasteiger partial charge in [-0.05, 0) is 32.6 Å². The minimum absolute atomic E-state index is 0.0225. The molecule has 2 heterocycles. The van der Waals surface area contributed by atoms with Gasteiger partial charge in [0.15, 0.2) is 0 Å². The molecule has 18 heavy (non-hydrogen) atoms. The lowest BCUT2D eigenvalue weighted by molar-refractivity contribution is 0.0685. The first-order valence-corrected chi connectivity index (χ1v) is 6.94. The highest BCUT2D eigenvalue weighted by atomic mass is 35.5. The average molecular weight is 270 g/mol. The van der Waals surface area contributed by atoms with E-state index in [-0.39, 0.29) is 5.91 Å². The molecule has 0 spiro atoms. The molecule has 1 aromatic rings. The fourth-order valence-corrected chi connectivity index (χ4v) is 2.57. The van der Waals surface area contributed by atoms with Gasteiger partial charge in [-0.25, -0.2) is 0 Å². The number of hydrogen-bond donors (Lipinski definition) is 0. The Morgan fingerprint density at radius 3 is 2.61 bits per heavy atom. The number of amides is 1. The minimum Gasteiger partial charge on any atom is -0.337 e. The van der Waals surface area contributed by atoms with Crippen LogP contribution in [0.1, 0.15) is 42.9 Å². The van der Waals surface area contributed by atoms with Crippen LogP contribution in [0.2, 0.25) is 5.02 Å². The van der Waals surface area contributed by atoms with E-state index in [1.807, 2.05) is 18.7 Å². The highest BCUT2D eigenvalue weighted by molar-refractivity contribution is 6.34. The number of likely N-dealkylation sites (tertiary alicyclic amines) is 1. The normalized spacial score (nSPS) is 17.2. The van der Waals surface area contributed by atoms with Gasteiger partial charge in [0, 0.05) is 19.6 Å². The predicted molar refractivity (Wildman–Crippen MR) is 71.9 cm³/mol. The topological polar surface area (TPSA) is 38.1 Å². The summed E-state index contributed by atoms with van der Waals surface area (Å²) in [5, 5.41) is 4.80. The second-order valence-corrected chi connectivity index (χ2v) is 5.42. The summed E-state index contributed by atoms with van der Waals surface area (Å²) in [5.74, 6) is 0.733. The Bertz CT molecular complexity index is 447. The third kappa shape index (κ3) is 2.39. The first kappa shape index (κ1) is 13.4. The largest absolute Gasteiger partial charge is 0.337 e. The Kier molecular flexibility index (Phi) is 3.95. The van der Waals surface area contributed by atoms with Crippen LogP contribution in [0.4, 0.5) is 0 Å². The Morgan fingerprint density at radius 2 is 2.06 bits per heavy atom. The molecule has 1 amide bonds. The van der Waals surface area contributed by atoms with E-state index in [4.69, 9.17) is 11.6 Å². The molecule has 1 aliphatic rings. The van der Waals surface area contributed by atoms with Crippen molar-refractivity contribution in [1.82, 2.24) is 14.7 Å². The maximum Gasteiger partial charge on any atom is 0.273 e. The maximum absolute atomic E-state index is 12.5. The van der Waals surface area contributed by atoms with Crippen molar-refractivity contribution in [2.75, 3.05) is 13.1 Å². The van der Waals surface area contributed by atoms with Gasteiger partial charge in [-0.2, -0.15) is 5.10 Å². The molecular weight excluding hydrogens is 250 g/mol. The molecule has 0 aliphatic carbocycles. The van der Waals surface area contributed by atoms with Crippen LogP contribution in [0, 0.1) is 12.8 Å². The molecule has 0 radical (unpaired) electrons. The van der Waals surface area contributed by atoms with Crippen LogP contribution in [-0.2, 0) is 6.54 Å². The number of aryl methyl sites for hydroxylation is 2. The summed E-state index contributed by atoms with van der Waals surface area (Å²) in [7, 11) is 0. The first-order valence-electron chi connectivity index (χ1n) is 6.56. The standard InChI is InChI=1S/C13H20ClN3O/c1-4-17-12(11(14)10(3)15-17)13(18)16-7-5-9(2)6-8-16/h9H,4-8H2,1-3H3. The van der Waals surface area contributed by atoms with Gasteiger partial charge in [0.25, 0.3) is 5.91 Å². The summed E-state index contributed by atoms with van der Waals surface area (Å²) < 4.78 is 1.71. The van der Waals surface area contributed by atoms with Gasteiger partial charge < -0.3 is 4.90 Å². The van der Waals surface area contributed by atoms with Crippen molar-refractivity contribution >= 4 is 17.5 Å². The van der Waals surface area contributed by atoms with E-state index >= 15 is 0 Å².